The van der Waals surface area contributed by atoms with Crippen molar-refractivity contribution in [3.63, 3.8) is 0 Å². The first-order chi connectivity index (χ1) is 8.22. The van der Waals surface area contributed by atoms with Crippen LogP contribution < -0.4 is 5.32 Å². The van der Waals surface area contributed by atoms with Crippen molar-refractivity contribution in [3.05, 3.63) is 23.8 Å². The average Bonchev–Trinajstić information content (AvgIpc) is 2.81. The third kappa shape index (κ3) is 2.90. The van der Waals surface area contributed by atoms with Gasteiger partial charge in [0.25, 0.3) is 0 Å². The Kier molecular flexibility index (Phi) is 4.23. The molecule has 92 valence electrons. The molecule has 0 aromatic heterocycles. The van der Waals surface area contributed by atoms with Crippen LogP contribution >= 0.6 is 23.5 Å². The molecule has 1 heterocycles. The third-order valence-corrected chi connectivity index (χ3v) is 4.69. The molecule has 1 atom stereocenters. The lowest BCUT2D eigenvalue weighted by Gasteiger charge is -2.16. The Balaban J connectivity index is 2.28. The first kappa shape index (κ1) is 12.6. The second-order valence-corrected chi connectivity index (χ2v) is 5.89. The Bertz CT molecular complexity index is 417. The molecule has 0 radical (unpaired) electrons. The van der Waals surface area contributed by atoms with Crippen LogP contribution in [0.25, 0.3) is 0 Å². The van der Waals surface area contributed by atoms with Crippen LogP contribution in [0.1, 0.15) is 16.8 Å². The van der Waals surface area contributed by atoms with E-state index in [-0.39, 0.29) is 0 Å². The number of hydrogen-bond donors (Lipinski definition) is 2. The number of carboxylic acid groups (broad SMARTS) is 1. The monoisotopic (exact) mass is 269 g/mol. The van der Waals surface area contributed by atoms with Crippen molar-refractivity contribution in [1.82, 2.24) is 0 Å². The van der Waals surface area contributed by atoms with Crippen LogP contribution in [0.15, 0.2) is 23.1 Å². The zero-order valence-corrected chi connectivity index (χ0v) is 11.2. The van der Waals surface area contributed by atoms with Crippen LogP contribution in [-0.2, 0) is 0 Å². The van der Waals surface area contributed by atoms with Gasteiger partial charge in [-0.2, -0.15) is 11.8 Å². The van der Waals surface area contributed by atoms with Crippen molar-refractivity contribution in [3.8, 4) is 0 Å². The van der Waals surface area contributed by atoms with Gasteiger partial charge in [-0.3, -0.25) is 0 Å². The summed E-state index contributed by atoms with van der Waals surface area (Å²) < 4.78 is 0. The number of nitrogens with one attached hydrogen (secondary N) is 1. The molecule has 3 nitrogen and oxygen atoms in total. The predicted molar refractivity (Wildman–Crippen MR) is 74.5 cm³/mol. The molecular weight excluding hydrogens is 254 g/mol. The van der Waals surface area contributed by atoms with Crippen molar-refractivity contribution in [1.29, 1.82) is 0 Å². The normalized spacial score (nSPS) is 19.2. The fraction of sp³-hybridized carbons (Fsp3) is 0.417. The minimum Gasteiger partial charge on any atom is -0.478 e. The number of rotatable bonds is 4. The second-order valence-electron chi connectivity index (χ2n) is 3.89. The summed E-state index contributed by atoms with van der Waals surface area (Å²) >= 11 is 3.38. The van der Waals surface area contributed by atoms with Gasteiger partial charge in [-0.15, -0.1) is 11.8 Å². The lowest BCUT2D eigenvalue weighted by Crippen LogP contribution is -2.20. The molecule has 0 bridgehead atoms. The van der Waals surface area contributed by atoms with E-state index < -0.39 is 5.97 Å². The zero-order valence-electron chi connectivity index (χ0n) is 9.60. The van der Waals surface area contributed by atoms with Gasteiger partial charge in [0.15, 0.2) is 0 Å². The highest BCUT2D eigenvalue weighted by molar-refractivity contribution is 7.99. The second kappa shape index (κ2) is 5.69. The molecule has 0 amide bonds. The molecular formula is C12H15NO2S2. The quantitative estimate of drug-likeness (QED) is 0.823. The molecule has 1 fully saturated rings. The lowest BCUT2D eigenvalue weighted by atomic mass is 10.1. The summed E-state index contributed by atoms with van der Waals surface area (Å²) in [5.74, 6) is 1.35. The highest BCUT2D eigenvalue weighted by Crippen LogP contribution is 2.29. The number of anilines is 1. The lowest BCUT2D eigenvalue weighted by molar-refractivity contribution is 0.0694. The van der Waals surface area contributed by atoms with E-state index in [1.807, 2.05) is 36.2 Å². The molecule has 1 unspecified atom stereocenters. The molecule has 2 rings (SSSR count). The van der Waals surface area contributed by atoms with E-state index in [1.54, 1.807) is 0 Å². The average molecular weight is 269 g/mol. The fourth-order valence-electron chi connectivity index (χ4n) is 1.91. The van der Waals surface area contributed by atoms with Crippen LogP contribution in [0.5, 0.6) is 0 Å². The van der Waals surface area contributed by atoms with Crippen molar-refractivity contribution >= 4 is 35.2 Å². The zero-order chi connectivity index (χ0) is 12.3. The van der Waals surface area contributed by atoms with Crippen molar-refractivity contribution in [2.24, 2.45) is 0 Å². The van der Waals surface area contributed by atoms with E-state index in [4.69, 9.17) is 0 Å². The number of aromatic carboxylic acids is 1. The van der Waals surface area contributed by atoms with Crippen molar-refractivity contribution in [2.45, 2.75) is 17.4 Å². The number of benzene rings is 1. The van der Waals surface area contributed by atoms with E-state index in [2.05, 4.69) is 5.32 Å². The number of carbonyl (C=O) groups is 1. The maximum atomic E-state index is 11.3. The molecule has 1 aromatic carbocycles. The van der Waals surface area contributed by atoms with Gasteiger partial charge in [-0.1, -0.05) is 6.07 Å². The summed E-state index contributed by atoms with van der Waals surface area (Å²) in [5.41, 5.74) is 1.15. The molecule has 1 aliphatic heterocycles. The highest BCUT2D eigenvalue weighted by Gasteiger charge is 2.20. The molecule has 1 aromatic rings. The molecule has 0 aliphatic carbocycles. The minimum atomic E-state index is -0.858. The number of thioether (sulfide) groups is 2. The van der Waals surface area contributed by atoms with E-state index in [0.717, 1.165) is 28.5 Å². The van der Waals surface area contributed by atoms with Gasteiger partial charge >= 0.3 is 5.97 Å². The predicted octanol–water partition coefficient (Wildman–Crippen LogP) is 3.02. The van der Waals surface area contributed by atoms with E-state index >= 15 is 0 Å². The summed E-state index contributed by atoms with van der Waals surface area (Å²) in [7, 11) is 0. The third-order valence-electron chi connectivity index (χ3n) is 2.75. The minimum absolute atomic E-state index is 0.398. The SMILES string of the molecule is CSc1cccc(NC2CCSC2)c1C(=O)O. The largest absolute Gasteiger partial charge is 0.478 e. The summed E-state index contributed by atoms with van der Waals surface area (Å²) in [6.07, 6.45) is 3.00. The molecule has 1 aliphatic rings. The van der Waals surface area contributed by atoms with E-state index in [0.29, 0.717) is 11.6 Å². The van der Waals surface area contributed by atoms with Gasteiger partial charge in [0, 0.05) is 16.7 Å². The van der Waals surface area contributed by atoms with Gasteiger partial charge in [-0.25, -0.2) is 4.79 Å². The van der Waals surface area contributed by atoms with Crippen LogP contribution in [0, 0.1) is 0 Å². The molecule has 0 spiro atoms. The highest BCUT2D eigenvalue weighted by atomic mass is 32.2. The van der Waals surface area contributed by atoms with Crippen LogP contribution in [0.3, 0.4) is 0 Å². The van der Waals surface area contributed by atoms with E-state index in [9.17, 15) is 9.90 Å². The number of hydrogen-bond acceptors (Lipinski definition) is 4. The Morgan fingerprint density at radius 2 is 2.41 bits per heavy atom. The maximum Gasteiger partial charge on any atom is 0.338 e. The smallest absolute Gasteiger partial charge is 0.338 e. The summed E-state index contributed by atoms with van der Waals surface area (Å²) in [4.78, 5) is 12.1. The van der Waals surface area contributed by atoms with Crippen LogP contribution in [0.4, 0.5) is 5.69 Å². The Morgan fingerprint density at radius 1 is 1.59 bits per heavy atom. The first-order valence-corrected chi connectivity index (χ1v) is 7.85. The Hall–Kier alpha value is -0.810. The van der Waals surface area contributed by atoms with Gasteiger partial charge in [0.2, 0.25) is 0 Å². The Morgan fingerprint density at radius 3 is 3.00 bits per heavy atom. The summed E-state index contributed by atoms with van der Waals surface area (Å²) in [6, 6.07) is 6.01. The van der Waals surface area contributed by atoms with Gasteiger partial charge < -0.3 is 10.4 Å². The fourth-order valence-corrected chi connectivity index (χ4v) is 3.68. The maximum absolute atomic E-state index is 11.3. The van der Waals surface area contributed by atoms with Gasteiger partial charge in [-0.05, 0) is 30.6 Å². The summed E-state index contributed by atoms with van der Waals surface area (Å²) in [6.45, 7) is 0. The first-order valence-electron chi connectivity index (χ1n) is 5.47. The van der Waals surface area contributed by atoms with Crippen LogP contribution in [0.2, 0.25) is 0 Å². The molecule has 1 saturated heterocycles. The topological polar surface area (TPSA) is 49.3 Å². The molecule has 0 saturated carbocycles. The summed E-state index contributed by atoms with van der Waals surface area (Å²) in [5, 5.41) is 12.6. The van der Waals surface area contributed by atoms with Crippen molar-refractivity contribution in [2.75, 3.05) is 23.1 Å². The molecule has 17 heavy (non-hydrogen) atoms. The molecule has 2 N–H and O–H groups in total. The van der Waals surface area contributed by atoms with E-state index in [1.165, 1.54) is 11.8 Å². The Labute approximate surface area is 109 Å². The van der Waals surface area contributed by atoms with Gasteiger partial charge in [0.1, 0.15) is 0 Å². The van der Waals surface area contributed by atoms with Crippen LogP contribution in [-0.4, -0.2) is 34.9 Å². The van der Waals surface area contributed by atoms with Crippen molar-refractivity contribution < 1.29 is 9.90 Å². The molecule has 5 heteroatoms. The number of carboxylic acids is 1. The van der Waals surface area contributed by atoms with Gasteiger partial charge in [0.05, 0.1) is 11.3 Å². The standard InChI is InChI=1S/C12H15NO2S2/c1-16-10-4-2-3-9(11(10)12(14)15)13-8-5-6-17-7-8/h2-4,8,13H,5-7H2,1H3,(H,14,15).